The molecule has 16 nitrogen and oxygen atoms in total. The summed E-state index contributed by atoms with van der Waals surface area (Å²) in [6.07, 6.45) is -0.113. The fourth-order valence-electron chi connectivity index (χ4n) is 10.6. The Labute approximate surface area is 474 Å². The molecule has 80 heavy (non-hydrogen) atoms. The van der Waals surface area contributed by atoms with Gasteiger partial charge in [0.2, 0.25) is 11.9 Å². The van der Waals surface area contributed by atoms with Crippen molar-refractivity contribution in [3.63, 3.8) is 0 Å². The Morgan fingerprint density at radius 3 is 2.30 bits per heavy atom. The lowest BCUT2D eigenvalue weighted by molar-refractivity contribution is -0.129. The van der Waals surface area contributed by atoms with Gasteiger partial charge in [0.25, 0.3) is 5.91 Å². The molecule has 8 rings (SSSR count). The Morgan fingerprint density at radius 2 is 1.64 bits per heavy atom. The summed E-state index contributed by atoms with van der Waals surface area (Å²) in [5.41, 5.74) is 2.52. The van der Waals surface area contributed by atoms with E-state index >= 15 is 17.6 Å². The van der Waals surface area contributed by atoms with Crippen LogP contribution in [0.2, 0.25) is 15.1 Å². The molecule has 6 N–H and O–H groups in total. The lowest BCUT2D eigenvalue weighted by atomic mass is 9.62. The minimum atomic E-state index is -1.83. The Morgan fingerprint density at radius 1 is 0.912 bits per heavy atom. The molecule has 0 saturated carbocycles. The van der Waals surface area contributed by atoms with Crippen LogP contribution >= 0.6 is 34.8 Å². The predicted molar refractivity (Wildman–Crippen MR) is 297 cm³/mol. The number of hydrogen-bond donors (Lipinski definition) is 5. The number of phenols is 1. The first kappa shape index (κ1) is 58.7. The number of amides is 4. The van der Waals surface area contributed by atoms with Gasteiger partial charge in [-0.25, -0.2) is 27.3 Å². The third kappa shape index (κ3) is 12.0. The van der Waals surface area contributed by atoms with Crippen molar-refractivity contribution in [2.24, 2.45) is 11.1 Å². The van der Waals surface area contributed by atoms with Gasteiger partial charge in [-0.15, -0.1) is 0 Å². The summed E-state index contributed by atoms with van der Waals surface area (Å²) >= 11 is 19.1. The second-order valence-corrected chi connectivity index (χ2v) is 22.1. The molecule has 4 atom stereocenters. The lowest BCUT2D eigenvalue weighted by Crippen LogP contribution is -2.50. The number of nitrogens with one attached hydrogen (secondary N) is 3. The number of aromatic nitrogens is 2. The largest absolute Gasteiger partial charge is 0.507 e. The maximum absolute atomic E-state index is 16.6. The van der Waals surface area contributed by atoms with Gasteiger partial charge in [0, 0.05) is 110 Å². The number of nitrogens with two attached hydrogens (primary N) is 1. The maximum Gasteiger partial charge on any atom is 0.314 e. The summed E-state index contributed by atoms with van der Waals surface area (Å²) in [5.74, 6) is -6.39. The molecule has 23 heteroatoms. The first-order valence-corrected chi connectivity index (χ1v) is 26.6. The second kappa shape index (κ2) is 24.1. The molecule has 0 spiro atoms. The summed E-state index contributed by atoms with van der Waals surface area (Å²) in [6.45, 7) is 6.91. The number of phenolic OH excluding ortho intramolecular Hbond substituents is 1. The van der Waals surface area contributed by atoms with E-state index in [0.717, 1.165) is 12.1 Å². The number of nitrogens with zero attached hydrogens (tertiary/aromatic N) is 6. The standard InChI is InChI=1S/C57H57Cl3F4N10O6/c1-56(2,3)28-43-57(29-65,35-15-14-32(58)26-39(35)62)47(33-8-6-9-36(59)48(33)63)51(69-43)41(76)24-30-12-13-31(25-42(30)80-5)53(78)67-18-19-72(4)44(77)16-17-68-55-70-50-34(52(71-55)73-20-22-74(23-21-73)54(66)79)27-37(60)45(49(50)64)46-38(61)10-7-11-40(46)75/h6-15,25-27,43,47,51,69,75H,16-24,28H2,1-5H3,(H2,66,79)(H,67,78)(H,68,70,71)/t43-,47-,51-,57-/m0/s1. The number of nitriles is 1. The molecule has 0 aliphatic carbocycles. The number of hydrogen-bond acceptors (Lipinski definition) is 12. The van der Waals surface area contributed by atoms with Crippen LogP contribution < -0.4 is 31.3 Å². The molecule has 6 aromatic rings. The highest BCUT2D eigenvalue weighted by Gasteiger charge is 2.61. The number of carbonyl (C=O) groups excluding carboxylic acids is 4. The molecule has 420 valence electrons. The van der Waals surface area contributed by atoms with Gasteiger partial charge >= 0.3 is 6.03 Å². The number of urea groups is 1. The zero-order valence-electron chi connectivity index (χ0n) is 44.2. The number of aromatic hydroxyl groups is 1. The number of piperazine rings is 1. The van der Waals surface area contributed by atoms with Gasteiger partial charge in [0.15, 0.2) is 11.6 Å². The van der Waals surface area contributed by atoms with Crippen LogP contribution in [0.1, 0.15) is 66.6 Å². The molecule has 0 radical (unpaired) electrons. The van der Waals surface area contributed by atoms with E-state index < -0.39 is 86.7 Å². The van der Waals surface area contributed by atoms with Crippen molar-refractivity contribution in [3.05, 3.63) is 139 Å². The van der Waals surface area contributed by atoms with E-state index in [2.05, 4.69) is 32.0 Å². The second-order valence-electron chi connectivity index (χ2n) is 20.9. The highest BCUT2D eigenvalue weighted by Crippen LogP contribution is 2.53. The average molecular weight is 1160 g/mol. The smallest absolute Gasteiger partial charge is 0.314 e. The van der Waals surface area contributed by atoms with Crippen LogP contribution in [0.15, 0.2) is 78.9 Å². The predicted octanol–water partition coefficient (Wildman–Crippen LogP) is 9.55. The third-order valence-electron chi connectivity index (χ3n) is 14.5. The molecule has 4 amide bonds. The number of carbonyl (C=O) groups is 4. The Balaban J connectivity index is 0.938. The van der Waals surface area contributed by atoms with Crippen molar-refractivity contribution in [3.8, 4) is 28.7 Å². The molecule has 0 bridgehead atoms. The summed E-state index contributed by atoms with van der Waals surface area (Å²) in [5, 5.41) is 30.7. The quantitative estimate of drug-likeness (QED) is 0.0540. The van der Waals surface area contributed by atoms with Crippen molar-refractivity contribution >= 4 is 81.1 Å². The van der Waals surface area contributed by atoms with Crippen LogP contribution in [-0.2, 0) is 21.4 Å². The normalized spacial score (nSPS) is 18.2. The number of primary amides is 1. The topological polar surface area (TPSA) is 219 Å². The summed E-state index contributed by atoms with van der Waals surface area (Å²) < 4.78 is 69.7. The van der Waals surface area contributed by atoms with Crippen molar-refractivity contribution in [1.82, 2.24) is 30.4 Å². The minimum Gasteiger partial charge on any atom is -0.507 e. The highest BCUT2D eigenvalue weighted by atomic mass is 35.5. The van der Waals surface area contributed by atoms with Crippen molar-refractivity contribution < 1.29 is 46.6 Å². The summed E-state index contributed by atoms with van der Waals surface area (Å²) in [4.78, 5) is 67.1. The fraction of sp³-hybridized carbons (Fsp3) is 0.351. The molecule has 0 unspecified atom stereocenters. The van der Waals surface area contributed by atoms with E-state index in [1.807, 2.05) is 20.8 Å². The summed E-state index contributed by atoms with van der Waals surface area (Å²) in [6, 6.07) is 17.2. The zero-order valence-corrected chi connectivity index (χ0v) is 46.5. The molecular formula is C57H57Cl3F4N10O6. The lowest BCUT2D eigenvalue weighted by Gasteiger charge is -2.37. The van der Waals surface area contributed by atoms with Gasteiger partial charge in [0.05, 0.1) is 34.8 Å². The van der Waals surface area contributed by atoms with Crippen LogP contribution in [0.5, 0.6) is 11.5 Å². The molecule has 3 heterocycles. The van der Waals surface area contributed by atoms with Gasteiger partial charge in [0.1, 0.15) is 45.7 Å². The highest BCUT2D eigenvalue weighted by molar-refractivity contribution is 6.34. The van der Waals surface area contributed by atoms with Crippen molar-refractivity contribution in [2.45, 2.75) is 63.5 Å². The van der Waals surface area contributed by atoms with E-state index in [1.54, 1.807) is 18.0 Å². The Hall–Kier alpha value is -7.44. The number of benzene rings is 5. The third-order valence-corrected chi connectivity index (χ3v) is 15.3. The maximum atomic E-state index is 16.6. The molecule has 2 aliphatic heterocycles. The number of ether oxygens (including phenoxy) is 1. The van der Waals surface area contributed by atoms with Gasteiger partial charge in [-0.3, -0.25) is 14.4 Å². The van der Waals surface area contributed by atoms with Crippen LogP contribution in [0.25, 0.3) is 22.0 Å². The first-order valence-electron chi connectivity index (χ1n) is 25.5. The van der Waals surface area contributed by atoms with Gasteiger partial charge in [-0.05, 0) is 65.9 Å². The van der Waals surface area contributed by atoms with Gasteiger partial charge in [-0.1, -0.05) is 85.9 Å². The number of Topliss-reactive ketones (excluding diaryl/α,β-unsaturated/α-hetero) is 1. The fourth-order valence-corrected chi connectivity index (χ4v) is 11.2. The minimum absolute atomic E-state index is 0.0205. The van der Waals surface area contributed by atoms with Crippen LogP contribution in [-0.4, -0.2) is 121 Å². The van der Waals surface area contributed by atoms with Crippen LogP contribution in [0.3, 0.4) is 0 Å². The first-order chi connectivity index (χ1) is 38.0. The van der Waals surface area contributed by atoms with Gasteiger partial charge < -0.3 is 46.2 Å². The van der Waals surface area contributed by atoms with Crippen LogP contribution in [0.4, 0.5) is 34.1 Å². The van der Waals surface area contributed by atoms with E-state index in [4.69, 9.17) is 45.3 Å². The number of anilines is 2. The SMILES string of the molecule is COc1cc(C(=O)NCCN(C)C(=O)CCNc2nc(N3CCN(C(N)=O)CC3)c3cc(Cl)c(-c4c(O)cccc4F)c(F)c3n2)ccc1CC(=O)[C@@H]1N[C@@H](CC(C)(C)C)[C@](C#N)(c2ccc(Cl)cc2F)[C@H]1c1cccc(Cl)c1F. The molecule has 5 aromatic carbocycles. The molecule has 2 fully saturated rings. The molecule has 1 aromatic heterocycles. The summed E-state index contributed by atoms with van der Waals surface area (Å²) in [7, 11) is 2.91. The van der Waals surface area contributed by atoms with Crippen molar-refractivity contribution in [1.29, 1.82) is 5.26 Å². The zero-order chi connectivity index (χ0) is 58.0. The van der Waals surface area contributed by atoms with Crippen LogP contribution in [0, 0.1) is 40.0 Å². The number of likely N-dealkylation sites (N-methyl/N-ethyl adjacent to an activating group) is 1. The monoisotopic (exact) mass is 1160 g/mol. The molecular weight excluding hydrogens is 1100 g/mol. The Bertz CT molecular complexity index is 3430. The van der Waals surface area contributed by atoms with Crippen molar-refractivity contribution in [2.75, 3.05) is 70.2 Å². The van der Waals surface area contributed by atoms with E-state index in [0.29, 0.717) is 5.56 Å². The number of rotatable bonds is 17. The average Bonchev–Trinajstić information content (AvgIpc) is 3.80. The number of halogens is 7. The number of methoxy groups -OCH3 is 1. The number of ketones is 1. The number of fused-ring (bicyclic) bond motifs is 1. The van der Waals surface area contributed by atoms with Gasteiger partial charge in [-0.2, -0.15) is 10.2 Å². The molecule has 2 saturated heterocycles. The van der Waals surface area contributed by atoms with E-state index in [-0.39, 0.29) is 131 Å². The van der Waals surface area contributed by atoms with E-state index in [9.17, 15) is 29.5 Å². The van der Waals surface area contributed by atoms with E-state index in [1.165, 1.54) is 77.6 Å². The Kier molecular flexibility index (Phi) is 17.7. The molecule has 2 aliphatic rings.